The summed E-state index contributed by atoms with van der Waals surface area (Å²) in [6.07, 6.45) is -1.05. The normalized spacial score (nSPS) is 15.8. The molecule has 1 rings (SSSR count). The molecule has 0 unspecified atom stereocenters. The molecule has 0 saturated carbocycles. The lowest BCUT2D eigenvalue weighted by molar-refractivity contribution is 0.247. The standard InChI is InChI=1S/C11H16FN/c1-8(2)11(13)10(12)9-6-4-3-5-7-9/h3-8,10-11H,13H2,1-2H3/t10-,11+/m0/s1. The highest BCUT2D eigenvalue weighted by Gasteiger charge is 2.21. The lowest BCUT2D eigenvalue weighted by Crippen LogP contribution is -2.31. The Balaban J connectivity index is 2.73. The molecule has 0 fully saturated rings. The molecule has 2 heteroatoms. The average molecular weight is 181 g/mol. The van der Waals surface area contributed by atoms with Crippen molar-refractivity contribution in [3.8, 4) is 0 Å². The van der Waals surface area contributed by atoms with Crippen molar-refractivity contribution in [1.82, 2.24) is 0 Å². The number of benzene rings is 1. The fraction of sp³-hybridized carbons (Fsp3) is 0.455. The lowest BCUT2D eigenvalue weighted by Gasteiger charge is -2.20. The van der Waals surface area contributed by atoms with Gasteiger partial charge in [0, 0.05) is 6.04 Å². The molecule has 0 heterocycles. The topological polar surface area (TPSA) is 26.0 Å². The van der Waals surface area contributed by atoms with Crippen molar-refractivity contribution in [2.24, 2.45) is 11.7 Å². The number of halogens is 1. The van der Waals surface area contributed by atoms with Crippen molar-refractivity contribution >= 4 is 0 Å². The summed E-state index contributed by atoms with van der Waals surface area (Å²) in [5, 5.41) is 0. The van der Waals surface area contributed by atoms with Crippen LogP contribution in [0.3, 0.4) is 0 Å². The molecule has 0 aliphatic carbocycles. The quantitative estimate of drug-likeness (QED) is 0.762. The Kier molecular flexibility index (Phi) is 3.43. The molecule has 1 aromatic carbocycles. The second-order valence-corrected chi connectivity index (χ2v) is 3.63. The van der Waals surface area contributed by atoms with E-state index in [0.29, 0.717) is 5.56 Å². The molecule has 2 atom stereocenters. The average Bonchev–Trinajstić information content (AvgIpc) is 2.17. The van der Waals surface area contributed by atoms with E-state index < -0.39 is 12.2 Å². The van der Waals surface area contributed by atoms with Crippen molar-refractivity contribution in [3.63, 3.8) is 0 Å². The Bertz CT molecular complexity index is 246. The molecule has 72 valence electrons. The van der Waals surface area contributed by atoms with Gasteiger partial charge in [0.25, 0.3) is 0 Å². The third-order valence-electron chi connectivity index (χ3n) is 2.23. The van der Waals surface area contributed by atoms with Crippen LogP contribution in [0.4, 0.5) is 4.39 Å². The first kappa shape index (κ1) is 10.2. The summed E-state index contributed by atoms with van der Waals surface area (Å²) in [6, 6.07) is 8.66. The van der Waals surface area contributed by atoms with Gasteiger partial charge >= 0.3 is 0 Å². The van der Waals surface area contributed by atoms with Gasteiger partial charge in [-0.25, -0.2) is 4.39 Å². The molecule has 0 aliphatic rings. The largest absolute Gasteiger partial charge is 0.325 e. The first-order chi connectivity index (χ1) is 6.13. The SMILES string of the molecule is CC(C)[C@@H](N)[C@@H](F)c1ccccc1. The zero-order valence-corrected chi connectivity index (χ0v) is 8.07. The third-order valence-corrected chi connectivity index (χ3v) is 2.23. The Morgan fingerprint density at radius 2 is 1.69 bits per heavy atom. The Morgan fingerprint density at radius 3 is 2.15 bits per heavy atom. The van der Waals surface area contributed by atoms with E-state index in [1.807, 2.05) is 32.0 Å². The predicted octanol–water partition coefficient (Wildman–Crippen LogP) is 2.68. The number of hydrogen-bond donors (Lipinski definition) is 1. The van der Waals surface area contributed by atoms with E-state index in [4.69, 9.17) is 5.73 Å². The molecule has 13 heavy (non-hydrogen) atoms. The number of hydrogen-bond acceptors (Lipinski definition) is 1. The Morgan fingerprint density at radius 1 is 1.15 bits per heavy atom. The van der Waals surface area contributed by atoms with E-state index >= 15 is 0 Å². The van der Waals surface area contributed by atoms with Gasteiger partial charge in [0.1, 0.15) is 6.17 Å². The summed E-state index contributed by atoms with van der Waals surface area (Å²) in [4.78, 5) is 0. The van der Waals surface area contributed by atoms with E-state index in [-0.39, 0.29) is 5.92 Å². The van der Waals surface area contributed by atoms with Crippen LogP contribution < -0.4 is 5.73 Å². The predicted molar refractivity (Wildman–Crippen MR) is 53.1 cm³/mol. The van der Waals surface area contributed by atoms with Crippen molar-refractivity contribution in [2.75, 3.05) is 0 Å². The van der Waals surface area contributed by atoms with E-state index in [1.165, 1.54) is 0 Å². The third kappa shape index (κ3) is 2.52. The van der Waals surface area contributed by atoms with E-state index in [0.717, 1.165) is 0 Å². The van der Waals surface area contributed by atoms with Gasteiger partial charge in [-0.15, -0.1) is 0 Å². The van der Waals surface area contributed by atoms with Crippen molar-refractivity contribution in [3.05, 3.63) is 35.9 Å². The molecule has 0 bridgehead atoms. The maximum atomic E-state index is 13.7. The van der Waals surface area contributed by atoms with Crippen molar-refractivity contribution in [2.45, 2.75) is 26.1 Å². The zero-order chi connectivity index (χ0) is 9.84. The Hall–Kier alpha value is -0.890. The zero-order valence-electron chi connectivity index (χ0n) is 8.07. The van der Waals surface area contributed by atoms with E-state index in [9.17, 15) is 4.39 Å². The van der Waals surface area contributed by atoms with Crippen LogP contribution in [0.2, 0.25) is 0 Å². The number of alkyl halides is 1. The van der Waals surface area contributed by atoms with Crippen LogP contribution >= 0.6 is 0 Å². The van der Waals surface area contributed by atoms with Gasteiger partial charge in [-0.3, -0.25) is 0 Å². The molecule has 1 aromatic rings. The summed E-state index contributed by atoms with van der Waals surface area (Å²) < 4.78 is 13.7. The van der Waals surface area contributed by atoms with Gasteiger partial charge in [0.05, 0.1) is 0 Å². The van der Waals surface area contributed by atoms with Crippen molar-refractivity contribution in [1.29, 1.82) is 0 Å². The molecule has 0 amide bonds. The van der Waals surface area contributed by atoms with Gasteiger partial charge < -0.3 is 5.73 Å². The van der Waals surface area contributed by atoms with Crippen LogP contribution in [0, 0.1) is 5.92 Å². The molecule has 0 aromatic heterocycles. The molecule has 0 saturated heterocycles. The summed E-state index contributed by atoms with van der Waals surface area (Å²) >= 11 is 0. The molecular weight excluding hydrogens is 165 g/mol. The monoisotopic (exact) mass is 181 g/mol. The summed E-state index contributed by atoms with van der Waals surface area (Å²) in [5.41, 5.74) is 6.39. The number of rotatable bonds is 3. The second-order valence-electron chi connectivity index (χ2n) is 3.63. The summed E-state index contributed by atoms with van der Waals surface area (Å²) in [5.74, 6) is 0.162. The van der Waals surface area contributed by atoms with Crippen molar-refractivity contribution < 1.29 is 4.39 Å². The van der Waals surface area contributed by atoms with Crippen LogP contribution in [0.15, 0.2) is 30.3 Å². The maximum absolute atomic E-state index is 13.7. The highest BCUT2D eigenvalue weighted by molar-refractivity contribution is 5.18. The highest BCUT2D eigenvalue weighted by atomic mass is 19.1. The fourth-order valence-corrected chi connectivity index (χ4v) is 1.20. The highest BCUT2D eigenvalue weighted by Crippen LogP contribution is 2.23. The molecule has 0 aliphatic heterocycles. The second kappa shape index (κ2) is 4.38. The van der Waals surface area contributed by atoms with E-state index in [1.54, 1.807) is 12.1 Å². The molecule has 0 radical (unpaired) electrons. The van der Waals surface area contributed by atoms with Crippen LogP contribution in [0.25, 0.3) is 0 Å². The van der Waals surface area contributed by atoms with Gasteiger partial charge in [0.2, 0.25) is 0 Å². The maximum Gasteiger partial charge on any atom is 0.140 e. The molecule has 1 nitrogen and oxygen atoms in total. The van der Waals surface area contributed by atoms with Crippen LogP contribution in [0.1, 0.15) is 25.6 Å². The van der Waals surface area contributed by atoms with Gasteiger partial charge in [-0.1, -0.05) is 44.2 Å². The first-order valence-corrected chi connectivity index (χ1v) is 4.57. The van der Waals surface area contributed by atoms with Gasteiger partial charge in [-0.05, 0) is 11.5 Å². The van der Waals surface area contributed by atoms with Crippen LogP contribution in [0.5, 0.6) is 0 Å². The minimum atomic E-state index is -1.05. The minimum Gasteiger partial charge on any atom is -0.325 e. The fourth-order valence-electron chi connectivity index (χ4n) is 1.20. The molecule has 0 spiro atoms. The van der Waals surface area contributed by atoms with Gasteiger partial charge in [-0.2, -0.15) is 0 Å². The smallest absolute Gasteiger partial charge is 0.140 e. The van der Waals surface area contributed by atoms with E-state index in [2.05, 4.69) is 0 Å². The molecular formula is C11H16FN. The minimum absolute atomic E-state index is 0.162. The van der Waals surface area contributed by atoms with Crippen LogP contribution in [-0.2, 0) is 0 Å². The number of nitrogens with two attached hydrogens (primary N) is 1. The summed E-state index contributed by atoms with van der Waals surface area (Å²) in [6.45, 7) is 3.86. The Labute approximate surface area is 78.8 Å². The molecule has 2 N–H and O–H groups in total. The first-order valence-electron chi connectivity index (χ1n) is 4.57. The summed E-state index contributed by atoms with van der Waals surface area (Å²) in [7, 11) is 0. The lowest BCUT2D eigenvalue weighted by atomic mass is 9.95. The van der Waals surface area contributed by atoms with Gasteiger partial charge in [0.15, 0.2) is 0 Å². The van der Waals surface area contributed by atoms with Crippen LogP contribution in [-0.4, -0.2) is 6.04 Å².